The van der Waals surface area contributed by atoms with E-state index in [0.717, 1.165) is 33.2 Å². The van der Waals surface area contributed by atoms with E-state index in [-0.39, 0.29) is 30.1 Å². The highest BCUT2D eigenvalue weighted by molar-refractivity contribution is 7.89. The van der Waals surface area contributed by atoms with Gasteiger partial charge in [0.1, 0.15) is 4.90 Å². The molecule has 0 bridgehead atoms. The van der Waals surface area contributed by atoms with Crippen molar-refractivity contribution in [3.05, 3.63) is 143 Å². The molecule has 0 spiro atoms. The molecule has 13 nitrogen and oxygen atoms in total. The molecule has 2 saturated heterocycles. The third-order valence-corrected chi connectivity index (χ3v) is 12.0. The number of aromatic nitrogens is 1. The lowest BCUT2D eigenvalue weighted by atomic mass is 9.83. The number of hydrogen-bond donors (Lipinski definition) is 2. The minimum atomic E-state index is -3.85. The van der Waals surface area contributed by atoms with Gasteiger partial charge in [0.15, 0.2) is 6.29 Å². The van der Waals surface area contributed by atoms with E-state index in [2.05, 4.69) is 26.7 Å². The highest BCUT2D eigenvalue weighted by Crippen LogP contribution is 2.47. The Morgan fingerprint density at radius 2 is 1.20 bits per heavy atom. The molecule has 1 aromatic heterocycles. The molecule has 2 fully saturated rings. The maximum absolute atomic E-state index is 13.4. The van der Waals surface area contributed by atoms with E-state index in [0.29, 0.717) is 91.2 Å². The van der Waals surface area contributed by atoms with Crippen molar-refractivity contribution in [3.8, 4) is 0 Å². The maximum atomic E-state index is 13.4. The van der Waals surface area contributed by atoms with Crippen LogP contribution in [0.3, 0.4) is 0 Å². The van der Waals surface area contributed by atoms with Crippen LogP contribution in [0.5, 0.6) is 0 Å². The van der Waals surface area contributed by atoms with Gasteiger partial charge in [-0.2, -0.15) is 0 Å². The van der Waals surface area contributed by atoms with Gasteiger partial charge in [0.2, 0.25) is 10.0 Å². The quantitative estimate of drug-likeness (QED) is 0.182. The number of aliphatic hydroxyl groups is 1. The number of nitrogens with zero attached hydrogens (tertiary/aromatic N) is 2. The maximum Gasteiger partial charge on any atom is 0.243 e. The molecule has 0 saturated carbocycles. The largest absolute Gasteiger partial charge is 0.392 e. The number of nitrogens with one attached hydrogen (secondary N) is 1. The van der Waals surface area contributed by atoms with Gasteiger partial charge in [-0.3, -0.25) is 9.88 Å². The number of benzene rings is 4. The zero-order valence-electron chi connectivity index (χ0n) is 33.8. The van der Waals surface area contributed by atoms with Gasteiger partial charge in [-0.1, -0.05) is 97.1 Å². The fourth-order valence-corrected chi connectivity index (χ4v) is 8.62. The summed E-state index contributed by atoms with van der Waals surface area (Å²) in [5.74, 6) is -0.196. The van der Waals surface area contributed by atoms with Crippen molar-refractivity contribution in [3.63, 3.8) is 0 Å². The smallest absolute Gasteiger partial charge is 0.243 e. The van der Waals surface area contributed by atoms with E-state index in [4.69, 9.17) is 33.2 Å². The number of sulfonamides is 1. The summed E-state index contributed by atoms with van der Waals surface area (Å²) >= 11 is 0. The van der Waals surface area contributed by atoms with Crippen LogP contribution in [0.4, 0.5) is 0 Å². The van der Waals surface area contributed by atoms with Crippen LogP contribution in [0.2, 0.25) is 0 Å². The molecule has 5 aromatic rings. The highest BCUT2D eigenvalue weighted by Gasteiger charge is 2.42. The number of aliphatic hydroxyl groups excluding tert-OH is 1. The molecule has 3 heterocycles. The second-order valence-corrected chi connectivity index (χ2v) is 16.4. The Balaban J connectivity index is 1.12. The van der Waals surface area contributed by atoms with Crippen LogP contribution in [-0.2, 0) is 56.3 Å². The first kappa shape index (κ1) is 43.9. The average Bonchev–Trinajstić information content (AvgIpc) is 3.29. The standard InChI is InChI=1S/C46H55N3O10S/c50-34-36-13-15-39(16-14-36)45-43(37-6-2-1-3-7-37)41(33-49-20-22-53-24-26-55-28-30-57-31-29-56-27-25-54-23-21-49)58-46(59-45)40-17-11-35(12-18-40)32-48-60(51,52)42-10-4-8-38-9-5-19-47-44(38)42/h1-19,41,43,45-46,48,50H,20-34H2. The molecular formula is C46H55N3O10S. The molecule has 0 amide bonds. The van der Waals surface area contributed by atoms with Gasteiger partial charge in [-0.25, -0.2) is 13.1 Å². The molecule has 4 unspecified atom stereocenters. The SMILES string of the molecule is O=S(=O)(NCc1ccc(C2OC(CN3CCOCCOCCOCCOCCOCC3)C(c3ccccc3)C(c3ccc(CO)cc3)O2)cc1)c1cccc2cccnc12. The van der Waals surface area contributed by atoms with Crippen molar-refractivity contribution in [2.45, 2.75) is 42.5 Å². The zero-order chi connectivity index (χ0) is 41.4. The van der Waals surface area contributed by atoms with Gasteiger partial charge in [0.05, 0.1) is 90.4 Å². The number of fused-ring (bicyclic) bond motifs is 1. The summed E-state index contributed by atoms with van der Waals surface area (Å²) in [6.45, 7) is 6.78. The number of para-hydroxylation sites is 1. The molecule has 0 aliphatic carbocycles. The van der Waals surface area contributed by atoms with E-state index in [1.54, 1.807) is 24.4 Å². The van der Waals surface area contributed by atoms with Crippen molar-refractivity contribution in [2.75, 3.05) is 85.7 Å². The lowest BCUT2D eigenvalue weighted by molar-refractivity contribution is -0.263. The molecule has 2 aliphatic rings. The minimum absolute atomic E-state index is 0.0601. The lowest BCUT2D eigenvalue weighted by Crippen LogP contribution is -2.46. The summed E-state index contributed by atoms with van der Waals surface area (Å²) in [7, 11) is -3.85. The predicted octanol–water partition coefficient (Wildman–Crippen LogP) is 5.54. The fourth-order valence-electron chi connectivity index (χ4n) is 7.42. The first-order valence-corrected chi connectivity index (χ1v) is 22.1. The Bertz CT molecular complexity index is 2120. The zero-order valence-corrected chi connectivity index (χ0v) is 34.6. The summed E-state index contributed by atoms with van der Waals surface area (Å²) in [4.78, 5) is 6.77. The van der Waals surface area contributed by atoms with E-state index in [9.17, 15) is 13.5 Å². The van der Waals surface area contributed by atoms with Gasteiger partial charge < -0.3 is 38.3 Å². The molecule has 4 atom stereocenters. The third-order valence-electron chi connectivity index (χ3n) is 10.6. The van der Waals surface area contributed by atoms with Crippen LogP contribution in [0.1, 0.15) is 46.1 Å². The van der Waals surface area contributed by atoms with Crippen molar-refractivity contribution in [1.29, 1.82) is 0 Å². The topological polar surface area (TPSA) is 147 Å². The summed E-state index contributed by atoms with van der Waals surface area (Å²) in [5, 5.41) is 10.6. The normalized spacial score (nSPS) is 22.5. The van der Waals surface area contributed by atoms with Gasteiger partial charge in [-0.05, 0) is 34.4 Å². The summed E-state index contributed by atoms with van der Waals surface area (Å²) in [5.41, 5.74) is 4.84. The average molecular weight is 842 g/mol. The summed E-state index contributed by atoms with van der Waals surface area (Å²) < 4.78 is 72.5. The molecule has 0 radical (unpaired) electrons. The third kappa shape index (κ3) is 12.2. The molecular weight excluding hydrogens is 787 g/mol. The van der Waals surface area contributed by atoms with Crippen LogP contribution >= 0.6 is 0 Å². The lowest BCUT2D eigenvalue weighted by Gasteiger charge is -2.44. The first-order chi connectivity index (χ1) is 29.5. The van der Waals surface area contributed by atoms with Crippen molar-refractivity contribution >= 4 is 20.9 Å². The van der Waals surface area contributed by atoms with Crippen LogP contribution in [0, 0.1) is 0 Å². The van der Waals surface area contributed by atoms with Gasteiger partial charge in [-0.15, -0.1) is 0 Å². The van der Waals surface area contributed by atoms with E-state index >= 15 is 0 Å². The minimum Gasteiger partial charge on any atom is -0.392 e. The molecule has 320 valence electrons. The van der Waals surface area contributed by atoms with Crippen molar-refractivity contribution in [1.82, 2.24) is 14.6 Å². The van der Waals surface area contributed by atoms with Crippen LogP contribution < -0.4 is 4.72 Å². The second kappa shape index (κ2) is 22.6. The van der Waals surface area contributed by atoms with Crippen molar-refractivity contribution in [2.24, 2.45) is 0 Å². The Labute approximate surface area is 352 Å². The molecule has 14 heteroatoms. The van der Waals surface area contributed by atoms with Gasteiger partial charge in [0, 0.05) is 49.2 Å². The molecule has 60 heavy (non-hydrogen) atoms. The predicted molar refractivity (Wildman–Crippen MR) is 226 cm³/mol. The number of rotatable bonds is 10. The Morgan fingerprint density at radius 3 is 1.83 bits per heavy atom. The summed E-state index contributed by atoms with van der Waals surface area (Å²) in [6.07, 6.45) is 0.110. The van der Waals surface area contributed by atoms with Crippen molar-refractivity contribution < 1.29 is 46.7 Å². The molecule has 2 N–H and O–H groups in total. The number of ether oxygens (including phenoxy) is 7. The number of hydrogen-bond acceptors (Lipinski definition) is 12. The fraction of sp³-hybridized carbons (Fsp3) is 0.413. The van der Waals surface area contributed by atoms with E-state index in [1.165, 1.54) is 0 Å². The Morgan fingerprint density at radius 1 is 0.617 bits per heavy atom. The Kier molecular flexibility index (Phi) is 16.6. The van der Waals surface area contributed by atoms with Crippen LogP contribution in [0.25, 0.3) is 10.9 Å². The van der Waals surface area contributed by atoms with E-state index in [1.807, 2.05) is 78.9 Å². The molecule has 2 aliphatic heterocycles. The molecule has 4 aromatic carbocycles. The highest BCUT2D eigenvalue weighted by atomic mass is 32.2. The monoisotopic (exact) mass is 841 g/mol. The summed E-state index contributed by atoms with van der Waals surface area (Å²) in [6, 6.07) is 34.5. The van der Waals surface area contributed by atoms with E-state index < -0.39 is 22.4 Å². The van der Waals surface area contributed by atoms with Crippen LogP contribution in [0.15, 0.2) is 120 Å². The second-order valence-electron chi connectivity index (χ2n) is 14.7. The van der Waals surface area contributed by atoms with Gasteiger partial charge >= 0.3 is 0 Å². The first-order valence-electron chi connectivity index (χ1n) is 20.6. The number of pyridine rings is 1. The Hall–Kier alpha value is -4.16. The van der Waals surface area contributed by atoms with Crippen LogP contribution in [-0.4, -0.2) is 115 Å². The van der Waals surface area contributed by atoms with Gasteiger partial charge in [0.25, 0.3) is 0 Å². The molecule has 7 rings (SSSR count).